The number of amides is 1. The number of nitrogens with one attached hydrogen (secondary N) is 2. The second-order valence-electron chi connectivity index (χ2n) is 4.22. The van der Waals surface area contributed by atoms with Crippen LogP contribution in [0.2, 0.25) is 0 Å². The summed E-state index contributed by atoms with van der Waals surface area (Å²) in [7, 11) is 1.62. The molecular weight excluding hydrogens is 270 g/mol. The Morgan fingerprint density at radius 1 is 1.24 bits per heavy atom. The van der Waals surface area contributed by atoms with E-state index in [0.717, 1.165) is 5.56 Å². The number of methoxy groups -OCH3 is 1. The highest BCUT2D eigenvalue weighted by atomic mass is 16.5. The molecule has 0 aliphatic heterocycles. The monoisotopic (exact) mass is 287 g/mol. The molecule has 21 heavy (non-hydrogen) atoms. The number of carbonyl (C=O) groups excluding carboxylic acids is 1. The minimum atomic E-state index is -0.246. The van der Waals surface area contributed by atoms with Gasteiger partial charge in [-0.05, 0) is 23.8 Å². The van der Waals surface area contributed by atoms with Crippen LogP contribution in [0.4, 0.5) is 5.95 Å². The zero-order valence-corrected chi connectivity index (χ0v) is 11.7. The van der Waals surface area contributed by atoms with Gasteiger partial charge in [0.25, 0.3) is 5.91 Å². The molecule has 0 atom stereocenters. The third-order valence-corrected chi connectivity index (χ3v) is 2.68. The molecule has 2 N–H and O–H groups in total. The van der Waals surface area contributed by atoms with Crippen molar-refractivity contribution >= 4 is 11.9 Å². The van der Waals surface area contributed by atoms with Gasteiger partial charge in [0, 0.05) is 38.8 Å². The molecule has 2 aromatic rings. The van der Waals surface area contributed by atoms with Gasteiger partial charge in [-0.25, -0.2) is 9.97 Å². The van der Waals surface area contributed by atoms with Crippen molar-refractivity contribution in [3.05, 3.63) is 48.0 Å². The molecular formula is C14H17N5O2. The van der Waals surface area contributed by atoms with Crippen LogP contribution >= 0.6 is 0 Å². The lowest BCUT2D eigenvalue weighted by Gasteiger charge is -2.07. The highest BCUT2D eigenvalue weighted by Gasteiger charge is 2.08. The Morgan fingerprint density at radius 2 is 2.05 bits per heavy atom. The van der Waals surface area contributed by atoms with Gasteiger partial charge < -0.3 is 15.4 Å². The summed E-state index contributed by atoms with van der Waals surface area (Å²) in [6.07, 6.45) is 4.91. The Kier molecular flexibility index (Phi) is 5.60. The van der Waals surface area contributed by atoms with Crippen molar-refractivity contribution < 1.29 is 9.53 Å². The second-order valence-corrected chi connectivity index (χ2v) is 4.22. The van der Waals surface area contributed by atoms with E-state index >= 15 is 0 Å². The third-order valence-electron chi connectivity index (χ3n) is 2.68. The highest BCUT2D eigenvalue weighted by molar-refractivity contribution is 5.92. The number of hydrogen-bond donors (Lipinski definition) is 2. The minimum absolute atomic E-state index is 0.246. The molecule has 7 heteroatoms. The van der Waals surface area contributed by atoms with E-state index in [2.05, 4.69) is 25.6 Å². The summed E-state index contributed by atoms with van der Waals surface area (Å²) < 4.78 is 4.93. The molecule has 0 aliphatic carbocycles. The van der Waals surface area contributed by atoms with E-state index in [1.807, 2.05) is 12.1 Å². The maximum Gasteiger partial charge on any atom is 0.270 e. The summed E-state index contributed by atoms with van der Waals surface area (Å²) in [6, 6.07) is 5.26. The zero-order valence-electron chi connectivity index (χ0n) is 11.7. The molecule has 0 saturated carbocycles. The number of carbonyl (C=O) groups is 1. The smallest absolute Gasteiger partial charge is 0.270 e. The summed E-state index contributed by atoms with van der Waals surface area (Å²) in [5.41, 5.74) is 1.30. The number of hydrogen-bond acceptors (Lipinski definition) is 6. The number of pyridine rings is 1. The van der Waals surface area contributed by atoms with Gasteiger partial charge in [-0.2, -0.15) is 0 Å². The van der Waals surface area contributed by atoms with Crippen LogP contribution in [-0.4, -0.2) is 41.1 Å². The Morgan fingerprint density at radius 3 is 2.81 bits per heavy atom. The summed E-state index contributed by atoms with van der Waals surface area (Å²) >= 11 is 0. The fourth-order valence-electron chi connectivity index (χ4n) is 1.61. The predicted octanol–water partition coefficient (Wildman–Crippen LogP) is 0.860. The van der Waals surface area contributed by atoms with Gasteiger partial charge in [-0.15, -0.1) is 0 Å². The summed E-state index contributed by atoms with van der Waals surface area (Å²) in [5.74, 6) is 0.160. The summed E-state index contributed by atoms with van der Waals surface area (Å²) in [5, 5.41) is 5.78. The average Bonchev–Trinajstić information content (AvgIpc) is 2.54. The largest absolute Gasteiger partial charge is 0.383 e. The Hall–Kier alpha value is -2.54. The lowest BCUT2D eigenvalue weighted by atomic mass is 10.2. The van der Waals surface area contributed by atoms with E-state index in [0.29, 0.717) is 31.3 Å². The fourth-order valence-corrected chi connectivity index (χ4v) is 1.61. The predicted molar refractivity (Wildman–Crippen MR) is 77.8 cm³/mol. The van der Waals surface area contributed by atoms with E-state index in [-0.39, 0.29) is 5.91 Å². The SMILES string of the molecule is COCCNc1nccc(C(=O)NCc2ccncc2)n1. The van der Waals surface area contributed by atoms with Crippen molar-refractivity contribution in [2.24, 2.45) is 0 Å². The topological polar surface area (TPSA) is 89.0 Å². The zero-order chi connectivity index (χ0) is 14.9. The van der Waals surface area contributed by atoms with Crippen molar-refractivity contribution in [2.45, 2.75) is 6.54 Å². The van der Waals surface area contributed by atoms with E-state index < -0.39 is 0 Å². The molecule has 0 bridgehead atoms. The lowest BCUT2D eigenvalue weighted by molar-refractivity contribution is 0.0946. The average molecular weight is 287 g/mol. The van der Waals surface area contributed by atoms with Crippen LogP contribution in [0.5, 0.6) is 0 Å². The van der Waals surface area contributed by atoms with Crippen LogP contribution in [0.1, 0.15) is 16.1 Å². The quantitative estimate of drug-likeness (QED) is 0.734. The molecule has 0 aromatic carbocycles. The van der Waals surface area contributed by atoms with Gasteiger partial charge >= 0.3 is 0 Å². The first kappa shape index (κ1) is 14.9. The summed E-state index contributed by atoms with van der Waals surface area (Å²) in [4.78, 5) is 24.2. The Bertz CT molecular complexity index is 577. The molecule has 110 valence electrons. The molecule has 2 rings (SSSR count). The second kappa shape index (κ2) is 7.91. The first-order valence-electron chi connectivity index (χ1n) is 6.52. The molecule has 2 heterocycles. The molecule has 0 aliphatic rings. The van der Waals surface area contributed by atoms with Crippen LogP contribution in [0.15, 0.2) is 36.8 Å². The first-order chi connectivity index (χ1) is 10.3. The minimum Gasteiger partial charge on any atom is -0.383 e. The van der Waals surface area contributed by atoms with Crippen LogP contribution in [0, 0.1) is 0 Å². The van der Waals surface area contributed by atoms with Gasteiger partial charge in [-0.3, -0.25) is 9.78 Å². The van der Waals surface area contributed by atoms with E-state index in [9.17, 15) is 4.79 Å². The van der Waals surface area contributed by atoms with Crippen molar-refractivity contribution in [1.29, 1.82) is 0 Å². The standard InChI is InChI=1S/C14H17N5O2/c1-21-9-8-17-14-16-7-4-12(19-14)13(20)18-10-11-2-5-15-6-3-11/h2-7H,8-10H2,1H3,(H,18,20)(H,16,17,19). The Labute approximate surface area is 122 Å². The van der Waals surface area contributed by atoms with E-state index in [1.165, 1.54) is 0 Å². The van der Waals surface area contributed by atoms with Gasteiger partial charge in [0.1, 0.15) is 5.69 Å². The molecule has 0 spiro atoms. The van der Waals surface area contributed by atoms with Crippen molar-refractivity contribution in [2.75, 3.05) is 25.6 Å². The van der Waals surface area contributed by atoms with E-state index in [1.54, 1.807) is 31.8 Å². The molecule has 2 aromatic heterocycles. The maximum atomic E-state index is 12.0. The van der Waals surface area contributed by atoms with Gasteiger partial charge in [0.2, 0.25) is 5.95 Å². The molecule has 0 radical (unpaired) electrons. The molecule has 7 nitrogen and oxygen atoms in total. The number of anilines is 1. The molecule has 0 saturated heterocycles. The highest BCUT2D eigenvalue weighted by Crippen LogP contribution is 2.01. The molecule has 0 fully saturated rings. The van der Waals surface area contributed by atoms with Crippen molar-refractivity contribution in [1.82, 2.24) is 20.3 Å². The lowest BCUT2D eigenvalue weighted by Crippen LogP contribution is -2.24. The Balaban J connectivity index is 1.91. The molecule has 1 amide bonds. The van der Waals surface area contributed by atoms with Gasteiger partial charge in [0.05, 0.1) is 6.61 Å². The number of nitrogens with zero attached hydrogens (tertiary/aromatic N) is 3. The molecule has 0 unspecified atom stereocenters. The number of aromatic nitrogens is 3. The third kappa shape index (κ3) is 4.81. The fraction of sp³-hybridized carbons (Fsp3) is 0.286. The van der Waals surface area contributed by atoms with E-state index in [4.69, 9.17) is 4.74 Å². The normalized spacial score (nSPS) is 10.1. The maximum absolute atomic E-state index is 12.0. The van der Waals surface area contributed by atoms with Crippen LogP contribution in [0.3, 0.4) is 0 Å². The summed E-state index contributed by atoms with van der Waals surface area (Å²) in [6.45, 7) is 1.55. The van der Waals surface area contributed by atoms with Crippen molar-refractivity contribution in [3.63, 3.8) is 0 Å². The number of ether oxygens (including phenoxy) is 1. The van der Waals surface area contributed by atoms with Crippen LogP contribution in [0.25, 0.3) is 0 Å². The van der Waals surface area contributed by atoms with Crippen LogP contribution < -0.4 is 10.6 Å². The van der Waals surface area contributed by atoms with Crippen LogP contribution in [-0.2, 0) is 11.3 Å². The van der Waals surface area contributed by atoms with Gasteiger partial charge in [-0.1, -0.05) is 0 Å². The number of rotatable bonds is 7. The van der Waals surface area contributed by atoms with Gasteiger partial charge in [0.15, 0.2) is 0 Å². The first-order valence-corrected chi connectivity index (χ1v) is 6.52. The van der Waals surface area contributed by atoms with Crippen molar-refractivity contribution in [3.8, 4) is 0 Å².